The third-order valence-electron chi connectivity index (χ3n) is 4.31. The first-order valence-electron chi connectivity index (χ1n) is 7.98. The van der Waals surface area contributed by atoms with Crippen LogP contribution in [0.5, 0.6) is 0 Å². The van der Waals surface area contributed by atoms with Gasteiger partial charge in [0.2, 0.25) is 10.0 Å². The molecule has 0 bridgehead atoms. The van der Waals surface area contributed by atoms with Crippen molar-refractivity contribution in [2.24, 2.45) is 5.92 Å². The molecule has 23 heavy (non-hydrogen) atoms. The molecule has 0 radical (unpaired) electrons. The van der Waals surface area contributed by atoms with Gasteiger partial charge in [-0.25, -0.2) is 13.1 Å². The van der Waals surface area contributed by atoms with Gasteiger partial charge in [-0.3, -0.25) is 0 Å². The second kappa shape index (κ2) is 8.06. The van der Waals surface area contributed by atoms with Crippen molar-refractivity contribution >= 4 is 38.9 Å². The molecular weight excluding hydrogens is 355 g/mol. The molecule has 1 saturated carbocycles. The Hall–Kier alpha value is -0.490. The highest BCUT2D eigenvalue weighted by Crippen LogP contribution is 2.28. The van der Waals surface area contributed by atoms with Crippen LogP contribution in [0, 0.1) is 5.92 Å². The number of halogens is 2. The Balaban J connectivity index is 1.77. The lowest BCUT2D eigenvalue weighted by Crippen LogP contribution is -2.41. The molecule has 0 aliphatic heterocycles. The van der Waals surface area contributed by atoms with Gasteiger partial charge in [0, 0.05) is 18.3 Å². The molecular formula is C16H24Cl2N2O2S. The summed E-state index contributed by atoms with van der Waals surface area (Å²) in [6.07, 6.45) is 3.80. The highest BCUT2D eigenvalue weighted by molar-refractivity contribution is 7.90. The van der Waals surface area contributed by atoms with Gasteiger partial charge in [-0.05, 0) is 63.6 Å². The summed E-state index contributed by atoms with van der Waals surface area (Å²) in [5.41, 5.74) is 0.960. The lowest BCUT2D eigenvalue weighted by atomic mass is 9.86. The molecule has 0 heterocycles. The first kappa shape index (κ1) is 18.8. The number of rotatable bonds is 6. The van der Waals surface area contributed by atoms with E-state index in [2.05, 4.69) is 10.0 Å². The maximum atomic E-state index is 11.9. The van der Waals surface area contributed by atoms with E-state index in [-0.39, 0.29) is 11.3 Å². The Labute approximate surface area is 149 Å². The van der Waals surface area contributed by atoms with Crippen molar-refractivity contribution in [2.45, 2.75) is 50.8 Å². The predicted molar refractivity (Wildman–Crippen MR) is 97.9 cm³/mol. The van der Waals surface area contributed by atoms with Gasteiger partial charge in [0.1, 0.15) is 0 Å². The van der Waals surface area contributed by atoms with Gasteiger partial charge in [-0.2, -0.15) is 0 Å². The molecule has 0 amide bonds. The normalized spacial score (nSPS) is 22.3. The minimum atomic E-state index is -3.17. The van der Waals surface area contributed by atoms with E-state index < -0.39 is 10.0 Å². The fraction of sp³-hybridized carbons (Fsp3) is 0.625. The SMILES string of the molecule is CC(C)S(=O)(=O)NC1CCC(CNc2ccc(Cl)c(Cl)c2)CC1. The third kappa shape index (κ3) is 5.52. The zero-order valence-corrected chi connectivity index (χ0v) is 15.8. The molecule has 130 valence electrons. The van der Waals surface area contributed by atoms with Gasteiger partial charge in [0.05, 0.1) is 15.3 Å². The number of hydrogen-bond acceptors (Lipinski definition) is 3. The quantitative estimate of drug-likeness (QED) is 0.775. The van der Waals surface area contributed by atoms with Crippen molar-refractivity contribution < 1.29 is 8.42 Å². The Bertz CT molecular complexity index is 627. The highest BCUT2D eigenvalue weighted by atomic mass is 35.5. The minimum Gasteiger partial charge on any atom is -0.385 e. The zero-order valence-electron chi connectivity index (χ0n) is 13.5. The molecule has 7 heteroatoms. The Morgan fingerprint density at radius 2 is 1.78 bits per heavy atom. The van der Waals surface area contributed by atoms with Crippen LogP contribution in [-0.4, -0.2) is 26.3 Å². The van der Waals surface area contributed by atoms with Crippen molar-refractivity contribution in [1.82, 2.24) is 4.72 Å². The standard InChI is InChI=1S/C16H24Cl2N2O2S/c1-11(2)23(21,22)20-13-5-3-12(4-6-13)10-19-14-7-8-15(17)16(18)9-14/h7-9,11-13,19-20H,3-6,10H2,1-2H3. The Morgan fingerprint density at radius 3 is 2.35 bits per heavy atom. The smallest absolute Gasteiger partial charge is 0.214 e. The molecule has 1 aliphatic rings. The summed E-state index contributed by atoms with van der Waals surface area (Å²) in [7, 11) is -3.17. The van der Waals surface area contributed by atoms with E-state index in [9.17, 15) is 8.42 Å². The summed E-state index contributed by atoms with van der Waals surface area (Å²) >= 11 is 11.9. The third-order valence-corrected chi connectivity index (χ3v) is 6.95. The summed E-state index contributed by atoms with van der Waals surface area (Å²) in [5, 5.41) is 4.10. The number of benzene rings is 1. The van der Waals surface area contributed by atoms with E-state index in [0.717, 1.165) is 37.9 Å². The van der Waals surface area contributed by atoms with Crippen molar-refractivity contribution in [1.29, 1.82) is 0 Å². The predicted octanol–water partition coefficient (Wildman–Crippen LogP) is 4.29. The van der Waals surface area contributed by atoms with Gasteiger partial charge in [0.25, 0.3) is 0 Å². The second-order valence-corrected chi connectivity index (χ2v) is 9.52. The van der Waals surface area contributed by atoms with Crippen LogP contribution in [0.2, 0.25) is 10.0 Å². The molecule has 2 N–H and O–H groups in total. The Morgan fingerprint density at radius 1 is 1.13 bits per heavy atom. The van der Waals surface area contributed by atoms with E-state index >= 15 is 0 Å². The molecule has 0 aromatic heterocycles. The topological polar surface area (TPSA) is 58.2 Å². The fourth-order valence-electron chi connectivity index (χ4n) is 2.72. The lowest BCUT2D eigenvalue weighted by molar-refractivity contribution is 0.323. The molecule has 0 spiro atoms. The molecule has 1 fully saturated rings. The number of anilines is 1. The lowest BCUT2D eigenvalue weighted by Gasteiger charge is -2.29. The molecule has 1 aliphatic carbocycles. The van der Waals surface area contributed by atoms with Crippen molar-refractivity contribution in [3.8, 4) is 0 Å². The summed E-state index contributed by atoms with van der Waals surface area (Å²) in [6, 6.07) is 5.59. The first-order chi connectivity index (χ1) is 10.8. The van der Waals surface area contributed by atoms with Crippen LogP contribution in [-0.2, 0) is 10.0 Å². The van der Waals surface area contributed by atoms with Gasteiger partial charge in [0.15, 0.2) is 0 Å². The van der Waals surface area contributed by atoms with Crippen molar-refractivity contribution in [3.63, 3.8) is 0 Å². The van der Waals surface area contributed by atoms with E-state index in [4.69, 9.17) is 23.2 Å². The number of hydrogen-bond donors (Lipinski definition) is 2. The zero-order chi connectivity index (χ0) is 17.0. The van der Waals surface area contributed by atoms with Crippen LogP contribution in [0.25, 0.3) is 0 Å². The molecule has 1 aromatic rings. The molecule has 0 saturated heterocycles. The summed E-state index contributed by atoms with van der Waals surface area (Å²) in [5.74, 6) is 0.546. The van der Waals surface area contributed by atoms with Crippen LogP contribution in [0.3, 0.4) is 0 Å². The largest absolute Gasteiger partial charge is 0.385 e. The molecule has 0 unspecified atom stereocenters. The average Bonchev–Trinajstić information content (AvgIpc) is 2.49. The van der Waals surface area contributed by atoms with Gasteiger partial charge in [-0.1, -0.05) is 23.2 Å². The van der Waals surface area contributed by atoms with E-state index in [0.29, 0.717) is 16.0 Å². The molecule has 4 nitrogen and oxygen atoms in total. The number of nitrogens with one attached hydrogen (secondary N) is 2. The average molecular weight is 379 g/mol. The van der Waals surface area contributed by atoms with Crippen LogP contribution >= 0.6 is 23.2 Å². The van der Waals surface area contributed by atoms with Crippen LogP contribution < -0.4 is 10.0 Å². The summed E-state index contributed by atoms with van der Waals surface area (Å²) in [4.78, 5) is 0. The molecule has 0 atom stereocenters. The van der Waals surface area contributed by atoms with Gasteiger partial charge >= 0.3 is 0 Å². The van der Waals surface area contributed by atoms with E-state index in [1.807, 2.05) is 12.1 Å². The van der Waals surface area contributed by atoms with E-state index in [1.165, 1.54) is 0 Å². The highest BCUT2D eigenvalue weighted by Gasteiger charge is 2.26. The maximum absolute atomic E-state index is 11.9. The molecule has 1 aromatic carbocycles. The summed E-state index contributed by atoms with van der Waals surface area (Å²) in [6.45, 7) is 4.27. The van der Waals surface area contributed by atoms with Crippen molar-refractivity contribution in [2.75, 3.05) is 11.9 Å². The maximum Gasteiger partial charge on any atom is 0.214 e. The van der Waals surface area contributed by atoms with Gasteiger partial charge < -0.3 is 5.32 Å². The Kier molecular flexibility index (Phi) is 6.60. The number of sulfonamides is 1. The van der Waals surface area contributed by atoms with Crippen LogP contribution in [0.4, 0.5) is 5.69 Å². The minimum absolute atomic E-state index is 0.0728. The second-order valence-electron chi connectivity index (χ2n) is 6.44. The van der Waals surface area contributed by atoms with Crippen LogP contribution in [0.1, 0.15) is 39.5 Å². The fourth-order valence-corrected chi connectivity index (χ4v) is 3.99. The first-order valence-corrected chi connectivity index (χ1v) is 10.3. The molecule has 2 rings (SSSR count). The van der Waals surface area contributed by atoms with Gasteiger partial charge in [-0.15, -0.1) is 0 Å². The van der Waals surface area contributed by atoms with E-state index in [1.54, 1.807) is 19.9 Å². The summed E-state index contributed by atoms with van der Waals surface area (Å²) < 4.78 is 26.6. The monoisotopic (exact) mass is 378 g/mol. The van der Waals surface area contributed by atoms with Crippen molar-refractivity contribution in [3.05, 3.63) is 28.2 Å². The van der Waals surface area contributed by atoms with Crippen LogP contribution in [0.15, 0.2) is 18.2 Å².